The maximum atomic E-state index is 11.0. The molecule has 1 amide bonds. The fourth-order valence-electron chi connectivity index (χ4n) is 1.14. The largest absolute Gasteiger partial charge is 0.477 e. The monoisotopic (exact) mass is 240 g/mol. The van der Waals surface area contributed by atoms with E-state index in [1.54, 1.807) is 0 Å². The second kappa shape index (κ2) is 5.80. The van der Waals surface area contributed by atoms with Crippen LogP contribution in [0.25, 0.3) is 0 Å². The van der Waals surface area contributed by atoms with Gasteiger partial charge in [0.05, 0.1) is 11.5 Å². The predicted octanol–water partition coefficient (Wildman–Crippen LogP) is 0.212. The molecule has 7 heteroatoms. The van der Waals surface area contributed by atoms with Crippen LogP contribution >= 0.6 is 0 Å². The van der Waals surface area contributed by atoms with Gasteiger partial charge in [0.2, 0.25) is 0 Å². The van der Waals surface area contributed by atoms with E-state index >= 15 is 0 Å². The van der Waals surface area contributed by atoms with E-state index in [1.807, 2.05) is 0 Å². The molecule has 2 N–H and O–H groups in total. The Bertz CT molecular complexity index is 433. The number of hydrogen-bond donors (Lipinski definition) is 2. The van der Waals surface area contributed by atoms with Crippen LogP contribution in [0.3, 0.4) is 0 Å². The van der Waals surface area contributed by atoms with Gasteiger partial charge < -0.3 is 15.2 Å². The van der Waals surface area contributed by atoms with Crippen molar-refractivity contribution >= 4 is 11.6 Å². The summed E-state index contributed by atoms with van der Waals surface area (Å²) in [6, 6.07) is 3.98. The Morgan fingerprint density at radius 1 is 1.59 bits per heavy atom. The summed E-state index contributed by atoms with van der Waals surface area (Å²) >= 11 is 0. The molecule has 0 unspecified atom stereocenters. The van der Waals surface area contributed by atoms with Gasteiger partial charge in [-0.05, 0) is 17.7 Å². The van der Waals surface area contributed by atoms with E-state index in [2.05, 4.69) is 5.32 Å². The number of likely N-dealkylation sites (N-methyl/N-ethyl adjacent to an activating group) is 1. The average Bonchev–Trinajstić information content (AvgIpc) is 2.35. The maximum Gasteiger partial charge on any atom is 0.310 e. The van der Waals surface area contributed by atoms with Crippen molar-refractivity contribution in [3.63, 3.8) is 0 Å². The Morgan fingerprint density at radius 3 is 2.82 bits per heavy atom. The zero-order chi connectivity index (χ0) is 12.8. The smallest absolute Gasteiger partial charge is 0.310 e. The summed E-state index contributed by atoms with van der Waals surface area (Å²) in [5.41, 5.74) is 0.230. The molecule has 1 aromatic rings. The molecule has 0 fully saturated rings. The van der Waals surface area contributed by atoms with Gasteiger partial charge in [-0.3, -0.25) is 14.9 Å². The standard InChI is InChI=1S/C10H12N2O5/c1-11-10(14)6-17-9-4-7(5-13)2-3-8(9)12(15)16/h2-4,13H,5-6H2,1H3,(H,11,14). The molecule has 1 rings (SSSR count). The van der Waals surface area contributed by atoms with Crippen molar-refractivity contribution in [3.8, 4) is 5.75 Å². The Labute approximate surface area is 97.2 Å². The van der Waals surface area contributed by atoms with E-state index < -0.39 is 10.8 Å². The van der Waals surface area contributed by atoms with Crippen molar-refractivity contribution in [2.75, 3.05) is 13.7 Å². The number of nitrogens with zero attached hydrogens (tertiary/aromatic N) is 1. The minimum absolute atomic E-state index is 0.0369. The molecule has 7 nitrogen and oxygen atoms in total. The van der Waals surface area contributed by atoms with E-state index in [-0.39, 0.29) is 24.7 Å². The molecule has 92 valence electrons. The number of aliphatic hydroxyl groups excluding tert-OH is 1. The zero-order valence-electron chi connectivity index (χ0n) is 9.17. The first-order valence-corrected chi connectivity index (χ1v) is 4.80. The predicted molar refractivity (Wildman–Crippen MR) is 58.6 cm³/mol. The van der Waals surface area contributed by atoms with Gasteiger partial charge in [0, 0.05) is 13.1 Å². The van der Waals surface area contributed by atoms with Gasteiger partial charge in [0.25, 0.3) is 5.91 Å². The van der Waals surface area contributed by atoms with Crippen LogP contribution in [0.2, 0.25) is 0 Å². The second-order valence-corrected chi connectivity index (χ2v) is 3.18. The van der Waals surface area contributed by atoms with Crippen LogP contribution in [0.15, 0.2) is 18.2 Å². The van der Waals surface area contributed by atoms with Crippen LogP contribution < -0.4 is 10.1 Å². The number of aliphatic hydroxyl groups is 1. The molecule has 0 saturated carbocycles. The lowest BCUT2D eigenvalue weighted by Gasteiger charge is -2.07. The summed E-state index contributed by atoms with van der Waals surface area (Å²) in [6.45, 7) is -0.569. The molecule has 0 heterocycles. The quantitative estimate of drug-likeness (QED) is 0.566. The van der Waals surface area contributed by atoms with Gasteiger partial charge in [-0.15, -0.1) is 0 Å². The third-order valence-electron chi connectivity index (χ3n) is 2.04. The minimum atomic E-state index is -0.611. The second-order valence-electron chi connectivity index (χ2n) is 3.18. The molecule has 0 bridgehead atoms. The highest BCUT2D eigenvalue weighted by molar-refractivity contribution is 5.77. The minimum Gasteiger partial charge on any atom is -0.477 e. The summed E-state index contributed by atoms with van der Waals surface area (Å²) in [4.78, 5) is 21.1. The summed E-state index contributed by atoms with van der Waals surface area (Å²) in [5.74, 6) is -0.432. The third-order valence-corrected chi connectivity index (χ3v) is 2.04. The average molecular weight is 240 g/mol. The first-order chi connectivity index (χ1) is 8.08. The van der Waals surface area contributed by atoms with E-state index in [0.29, 0.717) is 5.56 Å². The Balaban J connectivity index is 2.93. The molecule has 0 saturated heterocycles. The Kier molecular flexibility index (Phi) is 4.41. The maximum absolute atomic E-state index is 11.0. The van der Waals surface area contributed by atoms with E-state index in [1.165, 1.54) is 25.2 Å². The van der Waals surface area contributed by atoms with Crippen LogP contribution in [0.4, 0.5) is 5.69 Å². The summed E-state index contributed by atoms with van der Waals surface area (Å²) in [7, 11) is 1.43. The van der Waals surface area contributed by atoms with Crippen LogP contribution in [0.1, 0.15) is 5.56 Å². The molecule has 0 aliphatic heterocycles. The third kappa shape index (κ3) is 3.42. The number of amides is 1. The lowest BCUT2D eigenvalue weighted by molar-refractivity contribution is -0.385. The summed E-state index contributed by atoms with van der Waals surface area (Å²) < 4.78 is 5.03. The van der Waals surface area contributed by atoms with Gasteiger partial charge in [0.1, 0.15) is 0 Å². The van der Waals surface area contributed by atoms with Gasteiger partial charge in [-0.25, -0.2) is 0 Å². The van der Waals surface area contributed by atoms with Crippen molar-refractivity contribution in [1.29, 1.82) is 0 Å². The van der Waals surface area contributed by atoms with Crippen molar-refractivity contribution < 1.29 is 19.6 Å². The number of benzene rings is 1. The highest BCUT2D eigenvalue weighted by Gasteiger charge is 2.16. The summed E-state index contributed by atoms with van der Waals surface area (Å²) in [6.07, 6.45) is 0. The van der Waals surface area contributed by atoms with Crippen molar-refractivity contribution in [2.45, 2.75) is 6.61 Å². The van der Waals surface area contributed by atoms with E-state index in [4.69, 9.17) is 9.84 Å². The normalized spacial score (nSPS) is 9.76. The lowest BCUT2D eigenvalue weighted by Crippen LogP contribution is -2.25. The van der Waals surface area contributed by atoms with Gasteiger partial charge in [0.15, 0.2) is 12.4 Å². The molecule has 0 radical (unpaired) electrons. The number of ether oxygens (including phenoxy) is 1. The first kappa shape index (κ1) is 12.9. The van der Waals surface area contributed by atoms with Crippen molar-refractivity contribution in [1.82, 2.24) is 5.32 Å². The number of nitro groups is 1. The fourth-order valence-corrected chi connectivity index (χ4v) is 1.14. The zero-order valence-corrected chi connectivity index (χ0v) is 9.17. The number of nitrogens with one attached hydrogen (secondary N) is 1. The lowest BCUT2D eigenvalue weighted by atomic mass is 10.2. The number of carbonyl (C=O) groups excluding carboxylic acids is 1. The first-order valence-electron chi connectivity index (χ1n) is 4.80. The highest BCUT2D eigenvalue weighted by Crippen LogP contribution is 2.27. The van der Waals surface area contributed by atoms with Crippen molar-refractivity contribution in [3.05, 3.63) is 33.9 Å². The molecule has 17 heavy (non-hydrogen) atoms. The Morgan fingerprint density at radius 2 is 2.29 bits per heavy atom. The van der Waals surface area contributed by atoms with E-state index in [0.717, 1.165) is 0 Å². The molecule has 0 aliphatic carbocycles. The van der Waals surface area contributed by atoms with Gasteiger partial charge >= 0.3 is 5.69 Å². The summed E-state index contributed by atoms with van der Waals surface area (Å²) in [5, 5.41) is 21.9. The molecule has 0 spiro atoms. The molecule has 0 aromatic heterocycles. The molecular weight excluding hydrogens is 228 g/mol. The van der Waals surface area contributed by atoms with E-state index in [9.17, 15) is 14.9 Å². The molecule has 1 aromatic carbocycles. The van der Waals surface area contributed by atoms with Crippen molar-refractivity contribution in [2.24, 2.45) is 0 Å². The van der Waals surface area contributed by atoms with Crippen LogP contribution in [0.5, 0.6) is 5.75 Å². The van der Waals surface area contributed by atoms with Crippen LogP contribution in [0, 0.1) is 10.1 Å². The molecule has 0 aliphatic rings. The number of carbonyl (C=O) groups is 1. The van der Waals surface area contributed by atoms with Gasteiger partial charge in [-0.2, -0.15) is 0 Å². The van der Waals surface area contributed by atoms with Gasteiger partial charge in [-0.1, -0.05) is 0 Å². The highest BCUT2D eigenvalue weighted by atomic mass is 16.6. The number of hydrogen-bond acceptors (Lipinski definition) is 5. The Hall–Kier alpha value is -2.15. The SMILES string of the molecule is CNC(=O)COc1cc(CO)ccc1[N+](=O)[O-]. The van der Waals surface area contributed by atoms with Crippen LogP contribution in [-0.2, 0) is 11.4 Å². The van der Waals surface area contributed by atoms with Crippen LogP contribution in [-0.4, -0.2) is 29.6 Å². The molecular formula is C10H12N2O5. The topological polar surface area (TPSA) is 102 Å². The number of nitro benzene ring substituents is 1. The number of rotatable bonds is 5. The molecule has 0 atom stereocenters. The fraction of sp³-hybridized carbons (Fsp3) is 0.300.